The number of ether oxygens (including phenoxy) is 1. The number of nitrogens with one attached hydrogen (secondary N) is 2. The maximum absolute atomic E-state index is 17.2. The number of anilines is 2. The summed E-state index contributed by atoms with van der Waals surface area (Å²) < 4.78 is 25.7. The molecule has 6 aromatic rings. The van der Waals surface area contributed by atoms with E-state index in [1.54, 1.807) is 18.3 Å². The number of rotatable bonds is 12. The molecule has 3 atom stereocenters. The number of likely N-dealkylation sites (tertiary alicyclic amines) is 1. The molecular formula is C56H66FN11O4. The highest BCUT2D eigenvalue weighted by Crippen LogP contribution is 2.54. The standard InChI is InChI=1S/C56H66FN11O4/c1-3-35-5-4-6-36-23-40(69)25-43(47(35)36)50-48(57)51-44(28-58-50)52(68-30-37-7-8-38(31-68)59-37)62-54(61-51)72-33-56(13-14-56)32-66-17-15-55(16-18-66)26-34(27-55)29-65-19-21-67(22-20-65)39-9-10-41-45(24-39)64(2)63-49(41)42-11-12-46(70)60-53(42)71/h4-6,9-10,23-25,28,34,37-38,42,59,69H,3,7-8,11-22,26-27,29-33H2,1-2H3,(H,60,70,71). The molecule has 5 saturated heterocycles. The minimum Gasteiger partial charge on any atom is -0.508 e. The molecule has 3 aromatic heterocycles. The van der Waals surface area contributed by atoms with Crippen molar-refractivity contribution in [3.8, 4) is 23.0 Å². The number of phenols is 1. The second-order valence-electron chi connectivity index (χ2n) is 22.8. The van der Waals surface area contributed by atoms with Crippen LogP contribution in [0.25, 0.3) is 43.8 Å². The molecule has 2 amide bonds. The molecule has 5 aliphatic heterocycles. The van der Waals surface area contributed by atoms with Gasteiger partial charge in [0.2, 0.25) is 11.8 Å². The van der Waals surface area contributed by atoms with Crippen LogP contribution in [-0.2, 0) is 23.1 Å². The van der Waals surface area contributed by atoms with Gasteiger partial charge in [0.25, 0.3) is 0 Å². The van der Waals surface area contributed by atoms with Gasteiger partial charge in [-0.3, -0.25) is 29.5 Å². The zero-order valence-electron chi connectivity index (χ0n) is 41.6. The molecule has 3 aromatic carbocycles. The topological polar surface area (TPSA) is 157 Å². The van der Waals surface area contributed by atoms with Crippen LogP contribution in [0.5, 0.6) is 11.8 Å². The fourth-order valence-electron chi connectivity index (χ4n) is 13.8. The van der Waals surface area contributed by atoms with Gasteiger partial charge in [-0.05, 0) is 135 Å². The lowest BCUT2D eigenvalue weighted by Crippen LogP contribution is -2.53. The van der Waals surface area contributed by atoms with Gasteiger partial charge in [0.05, 0.1) is 29.1 Å². The highest BCUT2D eigenvalue weighted by atomic mass is 19.1. The van der Waals surface area contributed by atoms with Crippen molar-refractivity contribution in [2.24, 2.45) is 23.8 Å². The number of piperazine rings is 2. The van der Waals surface area contributed by atoms with E-state index in [1.807, 2.05) is 23.9 Å². The third kappa shape index (κ3) is 8.40. The van der Waals surface area contributed by atoms with Crippen LogP contribution in [0.2, 0.25) is 0 Å². The molecule has 3 unspecified atom stereocenters. The summed E-state index contributed by atoms with van der Waals surface area (Å²) in [5, 5.41) is 25.0. The van der Waals surface area contributed by atoms with E-state index in [4.69, 9.17) is 24.8 Å². The summed E-state index contributed by atoms with van der Waals surface area (Å²) in [5.74, 6) is 0.124. The van der Waals surface area contributed by atoms with E-state index in [0.29, 0.717) is 53.7 Å². The number of aryl methyl sites for hydroxylation is 2. The van der Waals surface area contributed by atoms with E-state index < -0.39 is 11.7 Å². The number of carbonyl (C=O) groups excluding carboxylic acids is 2. The van der Waals surface area contributed by atoms with E-state index in [2.05, 4.69) is 61.4 Å². The number of phenolic OH excluding ortho intramolecular Hbond substituents is 1. The maximum Gasteiger partial charge on any atom is 0.319 e. The Hall–Kier alpha value is -5.97. The molecule has 2 aliphatic carbocycles. The van der Waals surface area contributed by atoms with E-state index in [9.17, 15) is 14.7 Å². The highest BCUT2D eigenvalue weighted by Gasteiger charge is 2.50. The van der Waals surface area contributed by atoms with E-state index in [0.717, 1.165) is 130 Å². The molecular weight excluding hydrogens is 910 g/mol. The summed E-state index contributed by atoms with van der Waals surface area (Å²) >= 11 is 0. The van der Waals surface area contributed by atoms with Crippen LogP contribution in [0.4, 0.5) is 15.9 Å². The number of aromatic nitrogens is 5. The number of hydrogen-bond donors (Lipinski definition) is 3. The maximum atomic E-state index is 17.2. The van der Waals surface area contributed by atoms with Crippen LogP contribution in [0.15, 0.2) is 54.7 Å². The van der Waals surface area contributed by atoms with E-state index in [1.165, 1.54) is 37.9 Å². The van der Waals surface area contributed by atoms with Gasteiger partial charge < -0.3 is 29.9 Å². The number of fused-ring (bicyclic) bond motifs is 5. The average molecular weight is 976 g/mol. The molecule has 72 heavy (non-hydrogen) atoms. The van der Waals surface area contributed by atoms with Crippen molar-refractivity contribution in [1.82, 2.24) is 45.2 Å². The zero-order valence-corrected chi connectivity index (χ0v) is 41.6. The number of benzene rings is 3. The highest BCUT2D eigenvalue weighted by molar-refractivity contribution is 6.03. The monoisotopic (exact) mass is 976 g/mol. The Kier molecular flexibility index (Phi) is 11.4. The van der Waals surface area contributed by atoms with Crippen molar-refractivity contribution in [2.45, 2.75) is 95.6 Å². The first-order valence-corrected chi connectivity index (χ1v) is 26.7. The fourth-order valence-corrected chi connectivity index (χ4v) is 13.8. The van der Waals surface area contributed by atoms with Crippen molar-refractivity contribution < 1.29 is 23.8 Å². The van der Waals surface area contributed by atoms with E-state index in [-0.39, 0.29) is 40.2 Å². The number of nitrogens with zero attached hydrogens (tertiary/aromatic N) is 9. The van der Waals surface area contributed by atoms with Crippen LogP contribution in [0, 0.1) is 22.6 Å². The second-order valence-corrected chi connectivity index (χ2v) is 22.8. The quantitative estimate of drug-likeness (QED) is 0.107. The molecule has 1 spiro atoms. The van der Waals surface area contributed by atoms with Crippen molar-refractivity contribution in [1.29, 1.82) is 0 Å². The number of carbonyl (C=O) groups is 2. The van der Waals surface area contributed by atoms with Gasteiger partial charge in [-0.15, -0.1) is 0 Å². The number of imide groups is 1. The summed E-state index contributed by atoms with van der Waals surface area (Å²) in [5.41, 5.74) is 5.47. The molecule has 16 heteroatoms. The predicted octanol–water partition coefficient (Wildman–Crippen LogP) is 7.07. The van der Waals surface area contributed by atoms with Crippen molar-refractivity contribution in [3.05, 3.63) is 71.8 Å². The second kappa shape index (κ2) is 17.9. The van der Waals surface area contributed by atoms with Crippen LogP contribution in [0.3, 0.4) is 0 Å². The average Bonchev–Trinajstić information content (AvgIpc) is 3.95. The lowest BCUT2D eigenvalue weighted by molar-refractivity contribution is -0.134. The Morgan fingerprint density at radius 3 is 2.42 bits per heavy atom. The minimum atomic E-state index is -0.526. The number of hydrogen-bond acceptors (Lipinski definition) is 13. The lowest BCUT2D eigenvalue weighted by Gasteiger charge is -2.54. The molecule has 13 rings (SSSR count). The Labute approximate surface area is 419 Å². The van der Waals surface area contributed by atoms with Crippen molar-refractivity contribution in [2.75, 3.05) is 81.9 Å². The van der Waals surface area contributed by atoms with Crippen LogP contribution >= 0.6 is 0 Å². The normalized spacial score (nSPS) is 24.4. The number of halogens is 1. The summed E-state index contributed by atoms with van der Waals surface area (Å²) in [7, 11) is 1.93. The Morgan fingerprint density at radius 1 is 0.875 bits per heavy atom. The number of piperidine rings is 2. The Bertz CT molecular complexity index is 3100. The molecule has 7 aliphatic rings. The summed E-state index contributed by atoms with van der Waals surface area (Å²) in [6, 6.07) is 16.7. The number of pyridine rings is 1. The summed E-state index contributed by atoms with van der Waals surface area (Å²) in [6.45, 7) is 12.7. The summed E-state index contributed by atoms with van der Waals surface area (Å²) in [4.78, 5) is 49.1. The van der Waals surface area contributed by atoms with Gasteiger partial charge in [0.15, 0.2) is 5.82 Å². The largest absolute Gasteiger partial charge is 0.508 e. The molecule has 2 saturated carbocycles. The first-order valence-electron chi connectivity index (χ1n) is 26.7. The molecule has 2 bridgehead atoms. The molecule has 376 valence electrons. The first-order chi connectivity index (χ1) is 35.0. The van der Waals surface area contributed by atoms with Gasteiger partial charge in [-0.2, -0.15) is 15.1 Å². The molecule has 8 heterocycles. The lowest BCUT2D eigenvalue weighted by atomic mass is 9.57. The molecule has 15 nitrogen and oxygen atoms in total. The van der Waals surface area contributed by atoms with E-state index >= 15 is 4.39 Å². The zero-order chi connectivity index (χ0) is 48.9. The Morgan fingerprint density at radius 2 is 1.67 bits per heavy atom. The molecule has 0 radical (unpaired) electrons. The Balaban J connectivity index is 0.630. The van der Waals surface area contributed by atoms with Gasteiger partial charge in [0.1, 0.15) is 22.8 Å². The predicted molar refractivity (Wildman–Crippen MR) is 276 cm³/mol. The summed E-state index contributed by atoms with van der Waals surface area (Å²) in [6.07, 6.45) is 12.9. The van der Waals surface area contributed by atoms with Gasteiger partial charge in [-0.1, -0.05) is 25.1 Å². The van der Waals surface area contributed by atoms with Gasteiger partial charge in [0, 0.05) is 106 Å². The SMILES string of the molecule is CCc1cccc2cc(O)cc(-c3ncc4c(N5CC6CCC(C5)N6)nc(OCC5(CN6CCC7(CC6)CC(CN6CCN(c8ccc9c(C%10CCC(=O)NC%10=O)nn(C)c9c8)CC6)C7)CC5)nc4c3F)c12. The van der Waals surface area contributed by atoms with Gasteiger partial charge in [-0.25, -0.2) is 4.39 Å². The fraction of sp³-hybridized carbons (Fsp3) is 0.536. The van der Waals surface area contributed by atoms with Crippen LogP contribution in [-0.4, -0.2) is 136 Å². The number of amides is 2. The third-order valence-electron chi connectivity index (χ3n) is 17.9. The van der Waals surface area contributed by atoms with Crippen molar-refractivity contribution >= 4 is 55.9 Å². The number of aromatic hydroxyl groups is 1. The smallest absolute Gasteiger partial charge is 0.319 e. The van der Waals surface area contributed by atoms with Crippen LogP contribution < -0.4 is 25.2 Å². The van der Waals surface area contributed by atoms with Crippen molar-refractivity contribution in [3.63, 3.8) is 0 Å². The first kappa shape index (κ1) is 45.9. The van der Waals surface area contributed by atoms with Crippen LogP contribution in [0.1, 0.15) is 88.3 Å². The van der Waals surface area contributed by atoms with Gasteiger partial charge >= 0.3 is 6.01 Å². The molecule has 3 N–H and O–H groups in total. The minimum absolute atomic E-state index is 0.0443. The molecule has 7 fully saturated rings. The third-order valence-corrected chi connectivity index (χ3v) is 17.9.